The highest BCUT2D eigenvalue weighted by Gasteiger charge is 2.16. The van der Waals surface area contributed by atoms with E-state index in [9.17, 15) is 9.59 Å². The molecule has 2 aromatic carbocycles. The second kappa shape index (κ2) is 15.4. The Kier molecular flexibility index (Phi) is 12.6. The average Bonchev–Trinajstić information content (AvgIpc) is 2.86. The van der Waals surface area contributed by atoms with Gasteiger partial charge in [0.2, 0.25) is 0 Å². The van der Waals surface area contributed by atoms with Crippen molar-refractivity contribution in [3.8, 4) is 11.5 Å². The van der Waals surface area contributed by atoms with Gasteiger partial charge in [0.05, 0.1) is 12.2 Å². The van der Waals surface area contributed by atoms with Gasteiger partial charge in [0.1, 0.15) is 11.5 Å². The molecule has 0 aliphatic rings. The molecule has 0 heterocycles. The van der Waals surface area contributed by atoms with Crippen LogP contribution in [0.4, 0.5) is 0 Å². The second-order valence-corrected chi connectivity index (χ2v) is 9.47. The molecule has 1 unspecified atom stereocenters. The number of thiocarbonyl (C=S) groups is 1. The molecule has 0 bridgehead atoms. The van der Waals surface area contributed by atoms with Gasteiger partial charge in [0.25, 0.3) is 11.8 Å². The maximum Gasteiger partial charge on any atom is 0.276 e. The summed E-state index contributed by atoms with van der Waals surface area (Å²) < 4.78 is 12.2. The third-order valence-electron chi connectivity index (χ3n) is 5.41. The van der Waals surface area contributed by atoms with Gasteiger partial charge in [0.15, 0.2) is 11.7 Å². The number of hydrazine groups is 1. The van der Waals surface area contributed by atoms with E-state index < -0.39 is 11.8 Å². The first-order valence-electron chi connectivity index (χ1n) is 11.9. The van der Waals surface area contributed by atoms with Crippen LogP contribution in [-0.2, 0) is 4.79 Å². The molecule has 35 heavy (non-hydrogen) atoms. The predicted molar refractivity (Wildman–Crippen MR) is 146 cm³/mol. The van der Waals surface area contributed by atoms with E-state index in [0.717, 1.165) is 42.1 Å². The summed E-state index contributed by atoms with van der Waals surface area (Å²) in [5, 5.41) is 2.52. The van der Waals surface area contributed by atoms with Crippen molar-refractivity contribution < 1.29 is 19.1 Å². The van der Waals surface area contributed by atoms with Crippen LogP contribution in [0.25, 0.3) is 0 Å². The lowest BCUT2D eigenvalue weighted by Gasteiger charge is -2.16. The smallest absolute Gasteiger partial charge is 0.276 e. The third kappa shape index (κ3) is 9.85. The Bertz CT molecular complexity index is 1000. The minimum Gasteiger partial charge on any atom is -0.493 e. The minimum absolute atomic E-state index is 0.0442. The molecule has 0 aromatic heterocycles. The highest BCUT2D eigenvalue weighted by atomic mass is 79.9. The molecule has 7 nitrogen and oxygen atoms in total. The van der Waals surface area contributed by atoms with E-state index >= 15 is 0 Å². The van der Waals surface area contributed by atoms with E-state index in [0.29, 0.717) is 29.6 Å². The van der Waals surface area contributed by atoms with Crippen LogP contribution in [0.15, 0.2) is 46.9 Å². The molecular weight excluding hydrogens is 530 g/mol. The van der Waals surface area contributed by atoms with Crippen molar-refractivity contribution in [2.45, 2.75) is 58.8 Å². The molecule has 0 fully saturated rings. The molecule has 2 rings (SSSR count). The van der Waals surface area contributed by atoms with Crippen molar-refractivity contribution in [3.05, 3.63) is 58.1 Å². The number of nitrogens with one attached hydrogen (secondary N) is 3. The van der Waals surface area contributed by atoms with Gasteiger partial charge in [0, 0.05) is 4.47 Å². The maximum absolute atomic E-state index is 12.8. The van der Waals surface area contributed by atoms with Crippen LogP contribution in [0.3, 0.4) is 0 Å². The molecule has 0 radical (unpaired) electrons. The van der Waals surface area contributed by atoms with E-state index in [1.165, 1.54) is 0 Å². The Morgan fingerprint density at radius 3 is 2.51 bits per heavy atom. The van der Waals surface area contributed by atoms with E-state index in [1.54, 1.807) is 12.1 Å². The normalized spacial score (nSPS) is 11.3. The van der Waals surface area contributed by atoms with Crippen molar-refractivity contribution >= 4 is 45.1 Å². The molecule has 3 N–H and O–H groups in total. The zero-order valence-electron chi connectivity index (χ0n) is 20.5. The van der Waals surface area contributed by atoms with E-state index in [1.807, 2.05) is 30.3 Å². The molecule has 2 amide bonds. The molecule has 0 spiro atoms. The number of para-hydroxylation sites is 1. The van der Waals surface area contributed by atoms with Crippen LogP contribution >= 0.6 is 28.1 Å². The molecule has 0 saturated heterocycles. The lowest BCUT2D eigenvalue weighted by atomic mass is 9.98. The molecule has 0 aliphatic heterocycles. The van der Waals surface area contributed by atoms with Gasteiger partial charge in [-0.25, -0.2) is 0 Å². The summed E-state index contributed by atoms with van der Waals surface area (Å²) >= 11 is 8.54. The molecule has 9 heteroatoms. The number of unbranched alkanes of at least 4 members (excludes halogenated alkanes) is 3. The third-order valence-corrected chi connectivity index (χ3v) is 6.10. The van der Waals surface area contributed by atoms with Crippen molar-refractivity contribution in [2.24, 2.45) is 0 Å². The van der Waals surface area contributed by atoms with E-state index in [-0.39, 0.29) is 11.7 Å². The van der Waals surface area contributed by atoms with Gasteiger partial charge in [-0.05, 0) is 60.8 Å². The van der Waals surface area contributed by atoms with Gasteiger partial charge in [-0.1, -0.05) is 74.2 Å². The number of rotatable bonds is 12. The summed E-state index contributed by atoms with van der Waals surface area (Å²) in [6.45, 7) is 6.69. The largest absolute Gasteiger partial charge is 0.493 e. The fourth-order valence-electron chi connectivity index (χ4n) is 3.26. The molecule has 1 atom stereocenters. The van der Waals surface area contributed by atoms with Crippen molar-refractivity contribution in [3.63, 3.8) is 0 Å². The topological polar surface area (TPSA) is 88.7 Å². The number of benzene rings is 2. The summed E-state index contributed by atoms with van der Waals surface area (Å²) in [6.07, 6.45) is 5.25. The molecule has 0 saturated carbocycles. The first-order valence-corrected chi connectivity index (χ1v) is 13.1. The molecular formula is C26H34BrN3O4S. The number of hydrogen-bond donors (Lipinski definition) is 3. The van der Waals surface area contributed by atoms with Gasteiger partial charge in [-0.2, -0.15) is 0 Å². The quantitative estimate of drug-likeness (QED) is 0.176. The van der Waals surface area contributed by atoms with Crippen molar-refractivity contribution in [2.75, 3.05) is 13.2 Å². The highest BCUT2D eigenvalue weighted by Crippen LogP contribution is 2.28. The molecule has 190 valence electrons. The Balaban J connectivity index is 1.84. The average molecular weight is 565 g/mol. The number of halogens is 1. The van der Waals surface area contributed by atoms with Crippen LogP contribution in [0.1, 0.15) is 74.7 Å². The van der Waals surface area contributed by atoms with Gasteiger partial charge >= 0.3 is 0 Å². The number of amides is 2. The number of ether oxygens (including phenoxy) is 2. The number of hydrogen-bond acceptors (Lipinski definition) is 5. The summed E-state index contributed by atoms with van der Waals surface area (Å²) in [4.78, 5) is 25.0. The summed E-state index contributed by atoms with van der Waals surface area (Å²) in [7, 11) is 0. The van der Waals surface area contributed by atoms with E-state index in [4.69, 9.17) is 21.7 Å². The Hall–Kier alpha value is -2.65. The highest BCUT2D eigenvalue weighted by molar-refractivity contribution is 9.10. The SMILES string of the molecule is CCCCCCOc1ccc(Br)cc1C(=O)NC(=S)NNC(=O)COc1ccccc1C(C)CC. The zero-order chi connectivity index (χ0) is 25.6. The standard InChI is InChI=1S/C26H34BrN3O4S/c1-4-6-7-10-15-33-23-14-13-19(27)16-21(23)25(32)28-26(35)30-29-24(31)17-34-22-12-9-8-11-20(22)18(3)5-2/h8-9,11-14,16,18H,4-7,10,15,17H2,1-3H3,(H,29,31)(H2,28,30,32,35). The summed E-state index contributed by atoms with van der Waals surface area (Å²) in [5.74, 6) is 0.588. The number of carbonyl (C=O) groups excluding carboxylic acids is 2. The van der Waals surface area contributed by atoms with Crippen molar-refractivity contribution in [1.82, 2.24) is 16.2 Å². The maximum atomic E-state index is 12.8. The lowest BCUT2D eigenvalue weighted by Crippen LogP contribution is -2.49. The minimum atomic E-state index is -0.444. The van der Waals surface area contributed by atoms with E-state index in [2.05, 4.69) is 52.9 Å². The van der Waals surface area contributed by atoms with Crippen LogP contribution < -0.4 is 25.6 Å². The van der Waals surface area contributed by atoms with Gasteiger partial charge in [-0.3, -0.25) is 25.8 Å². The second-order valence-electron chi connectivity index (χ2n) is 8.14. The molecule has 0 aliphatic carbocycles. The Morgan fingerprint density at radius 1 is 1.00 bits per heavy atom. The zero-order valence-corrected chi connectivity index (χ0v) is 22.9. The molecule has 2 aromatic rings. The first kappa shape index (κ1) is 28.6. The predicted octanol–water partition coefficient (Wildman–Crippen LogP) is 5.64. The van der Waals surface area contributed by atoms with Crippen LogP contribution in [0, 0.1) is 0 Å². The summed E-state index contributed by atoms with van der Waals surface area (Å²) in [6, 6.07) is 12.9. The Morgan fingerprint density at radius 2 is 1.77 bits per heavy atom. The van der Waals surface area contributed by atoms with Crippen LogP contribution in [-0.4, -0.2) is 30.1 Å². The van der Waals surface area contributed by atoms with Gasteiger partial charge in [-0.15, -0.1) is 0 Å². The van der Waals surface area contributed by atoms with Crippen LogP contribution in [0.5, 0.6) is 11.5 Å². The Labute approximate surface area is 221 Å². The van der Waals surface area contributed by atoms with Gasteiger partial charge < -0.3 is 9.47 Å². The van der Waals surface area contributed by atoms with Crippen LogP contribution in [0.2, 0.25) is 0 Å². The fraction of sp³-hybridized carbons (Fsp3) is 0.423. The number of carbonyl (C=O) groups is 2. The lowest BCUT2D eigenvalue weighted by molar-refractivity contribution is -0.123. The summed E-state index contributed by atoms with van der Waals surface area (Å²) in [5.41, 5.74) is 6.37. The van der Waals surface area contributed by atoms with Crippen molar-refractivity contribution in [1.29, 1.82) is 0 Å². The fourth-order valence-corrected chi connectivity index (χ4v) is 3.77. The monoisotopic (exact) mass is 563 g/mol. The first-order chi connectivity index (χ1) is 16.8.